The fourth-order valence-electron chi connectivity index (χ4n) is 16.9. The van der Waals surface area contributed by atoms with E-state index >= 15 is 0 Å². The van der Waals surface area contributed by atoms with Crippen molar-refractivity contribution in [3.63, 3.8) is 0 Å². The molecule has 0 bridgehead atoms. The molecule has 4 aromatic heterocycles. The van der Waals surface area contributed by atoms with Crippen molar-refractivity contribution in [1.82, 2.24) is 29.9 Å². The molecule has 120 heavy (non-hydrogen) atoms. The lowest BCUT2D eigenvalue weighted by molar-refractivity contribution is 0.426. The highest BCUT2D eigenvalue weighted by Crippen LogP contribution is 2.46. The van der Waals surface area contributed by atoms with Crippen molar-refractivity contribution in [1.29, 1.82) is 0 Å². The van der Waals surface area contributed by atoms with Crippen LogP contribution < -0.4 is 5.46 Å². The Morgan fingerprint density at radius 1 is 0.200 bits per heavy atom. The summed E-state index contributed by atoms with van der Waals surface area (Å²) in [7, 11) is -1.56. The van der Waals surface area contributed by atoms with Gasteiger partial charge in [-0.15, -0.1) is 0 Å². The molecule has 4 heterocycles. The molecule has 0 unspecified atom stereocenters. The lowest BCUT2D eigenvalue weighted by Gasteiger charge is -2.17. The van der Waals surface area contributed by atoms with Crippen molar-refractivity contribution in [2.45, 2.75) is 0 Å². The van der Waals surface area contributed by atoms with Crippen LogP contribution in [-0.4, -0.2) is 47.1 Å². The largest absolute Gasteiger partial charge is 0.488 e. The first-order valence-corrected chi connectivity index (χ1v) is 40.9. The Kier molecular flexibility index (Phi) is 20.0. The van der Waals surface area contributed by atoms with Crippen LogP contribution in [0.5, 0.6) is 0 Å². The Morgan fingerprint density at radius 3 is 0.975 bits per heavy atom. The van der Waals surface area contributed by atoms with E-state index in [0.717, 1.165) is 82.9 Å². The van der Waals surface area contributed by atoms with E-state index in [1.165, 1.54) is 114 Å². The van der Waals surface area contributed by atoms with Crippen molar-refractivity contribution in [3.05, 3.63) is 430 Å². The van der Waals surface area contributed by atoms with E-state index in [0.29, 0.717) is 22.7 Å². The molecule has 22 aromatic rings. The molecule has 8 nitrogen and oxygen atoms in total. The number of nitrogens with zero attached hydrogens (tertiary/aromatic N) is 6. The summed E-state index contributed by atoms with van der Waals surface area (Å²) in [5.74, 6) is 1.20. The summed E-state index contributed by atoms with van der Waals surface area (Å²) in [6, 6.07) is 140. The van der Waals surface area contributed by atoms with Gasteiger partial charge < -0.3 is 10.0 Å². The molecule has 18 aromatic carbocycles. The van der Waals surface area contributed by atoms with Crippen LogP contribution in [-0.2, 0) is 0 Å². The normalized spacial score (nSPS) is 11.3. The molecule has 0 radical (unpaired) electrons. The van der Waals surface area contributed by atoms with Crippen molar-refractivity contribution in [2.24, 2.45) is 0 Å². The first kappa shape index (κ1) is 73.8. The quantitative estimate of drug-likeness (QED) is 0.0917. The van der Waals surface area contributed by atoms with E-state index in [-0.39, 0.29) is 0 Å². The minimum absolute atomic E-state index is 0.390. The van der Waals surface area contributed by atoms with Gasteiger partial charge in [0.25, 0.3) is 0 Å². The van der Waals surface area contributed by atoms with Crippen LogP contribution in [0.1, 0.15) is 0 Å². The van der Waals surface area contributed by atoms with E-state index in [9.17, 15) is 10.0 Å². The second kappa shape index (κ2) is 32.6. The zero-order valence-electron chi connectivity index (χ0n) is 64.9. The van der Waals surface area contributed by atoms with Crippen LogP contribution >= 0.6 is 15.9 Å². The Morgan fingerprint density at radius 2 is 0.517 bits per heavy atom. The van der Waals surface area contributed by atoms with Gasteiger partial charge in [0.05, 0.1) is 22.8 Å². The van der Waals surface area contributed by atoms with Crippen LogP contribution in [0.15, 0.2) is 430 Å². The van der Waals surface area contributed by atoms with Gasteiger partial charge in [-0.2, -0.15) is 0 Å². The van der Waals surface area contributed by atoms with Gasteiger partial charge in [-0.3, -0.25) is 9.97 Å². The van der Waals surface area contributed by atoms with Crippen LogP contribution in [0, 0.1) is 0 Å². The Hall–Kier alpha value is -15.0. The Balaban J connectivity index is 0.000000125. The minimum Gasteiger partial charge on any atom is -0.423 e. The molecule has 0 saturated carbocycles. The molecule has 10 heteroatoms. The van der Waals surface area contributed by atoms with Crippen LogP contribution in [0.3, 0.4) is 0 Å². The van der Waals surface area contributed by atoms with Gasteiger partial charge in [0, 0.05) is 73.8 Å². The van der Waals surface area contributed by atoms with E-state index in [2.05, 4.69) is 323 Å². The highest BCUT2D eigenvalue weighted by atomic mass is 79.9. The number of aromatic nitrogens is 6. The average molecular weight is 1600 g/mol. The lowest BCUT2D eigenvalue weighted by Crippen LogP contribution is -2.29. The van der Waals surface area contributed by atoms with E-state index in [1.807, 2.05) is 97.3 Å². The number of benzene rings is 18. The van der Waals surface area contributed by atoms with Gasteiger partial charge >= 0.3 is 7.12 Å². The number of hydrogen-bond acceptors (Lipinski definition) is 8. The Bertz CT molecular complexity index is 7650. The molecule has 0 saturated heterocycles. The predicted molar refractivity (Wildman–Crippen MR) is 503 cm³/mol. The van der Waals surface area contributed by atoms with Crippen molar-refractivity contribution >= 4 is 115 Å². The summed E-state index contributed by atoms with van der Waals surface area (Å²) in [6.45, 7) is 0. The van der Waals surface area contributed by atoms with Crippen LogP contribution in [0.4, 0.5) is 0 Å². The number of pyridine rings is 2. The fraction of sp³-hybridized carbons (Fsp3) is 0. The molecule has 0 fully saturated rings. The molecule has 0 amide bonds. The predicted octanol–water partition coefficient (Wildman–Crippen LogP) is 27.4. The van der Waals surface area contributed by atoms with Gasteiger partial charge in [-0.05, 0) is 203 Å². The smallest absolute Gasteiger partial charge is 0.423 e. The van der Waals surface area contributed by atoms with E-state index in [1.54, 1.807) is 30.6 Å². The highest BCUT2D eigenvalue weighted by Gasteiger charge is 2.21. The molecule has 0 spiro atoms. The van der Waals surface area contributed by atoms with Gasteiger partial charge in [0.2, 0.25) is 0 Å². The van der Waals surface area contributed by atoms with Gasteiger partial charge in [0.15, 0.2) is 11.6 Å². The summed E-state index contributed by atoms with van der Waals surface area (Å²) in [6.07, 6.45) is 7.30. The third-order valence-electron chi connectivity index (χ3n) is 22.6. The van der Waals surface area contributed by atoms with Gasteiger partial charge in [-0.1, -0.05) is 350 Å². The summed E-state index contributed by atoms with van der Waals surface area (Å²) in [4.78, 5) is 28.7. The monoisotopic (exact) mass is 1600 g/mol. The van der Waals surface area contributed by atoms with E-state index < -0.39 is 7.12 Å². The number of halogens is 1. The molecule has 22 rings (SSSR count). The fourth-order valence-corrected chi connectivity index (χ4v) is 17.4. The first-order valence-electron chi connectivity index (χ1n) is 40.1. The van der Waals surface area contributed by atoms with Gasteiger partial charge in [0.1, 0.15) is 0 Å². The summed E-state index contributed by atoms with van der Waals surface area (Å²) >= 11 is 3.80. The summed E-state index contributed by atoms with van der Waals surface area (Å²) < 4.78 is 1.14. The molecule has 0 aliphatic rings. The molecular formula is C110H72BBrN6O2. The molecule has 0 aliphatic heterocycles. The standard InChI is InChI=1S/C55H35N3.C28H17Br.C27H20BN3O2/c1-2-15-37(16-3-1)53-34-54(40-20-10-18-38(30-40)42-22-13-29-56-35-42)58-55(57-53)41-21-11-19-39(31-41)49-32-51-48-27-9-8-26-47(48)50(33-52(51)46-25-7-6-24-45(46)49)44-28-12-17-36-14-4-5-23-43(36)44;29-28-17-27-22-12-4-3-11-21(22)25(16-26(27)23-13-5-6-14-24(23)28)20-15-7-9-18-8-1-2-10-19(18)20;32-28(33)24-13-5-11-22(16-24)27-30-25(19-7-2-1-3-8-19)17-26(31-27)21-10-4-9-20(15-21)23-12-6-14-29-18-23/h1-35H;1-17H;1-18,32-33H. The minimum atomic E-state index is -1.56. The maximum absolute atomic E-state index is 9.61. The number of rotatable bonds is 12. The number of hydrogen-bond donors (Lipinski definition) is 2. The zero-order valence-corrected chi connectivity index (χ0v) is 66.5. The maximum atomic E-state index is 9.61. The second-order valence-electron chi connectivity index (χ2n) is 29.9. The molecule has 0 aliphatic carbocycles. The third-order valence-corrected chi connectivity index (χ3v) is 23.3. The summed E-state index contributed by atoms with van der Waals surface area (Å²) in [5.41, 5.74) is 21.0. The topological polar surface area (TPSA) is 118 Å². The van der Waals surface area contributed by atoms with Crippen molar-refractivity contribution in [3.8, 4) is 123 Å². The second-order valence-corrected chi connectivity index (χ2v) is 30.8. The molecule has 0 atom stereocenters. The maximum Gasteiger partial charge on any atom is 0.488 e. The molecule has 564 valence electrons. The molecule has 2 N–H and O–H groups in total. The van der Waals surface area contributed by atoms with Crippen molar-refractivity contribution < 1.29 is 10.0 Å². The zero-order chi connectivity index (χ0) is 80.4. The van der Waals surface area contributed by atoms with Crippen molar-refractivity contribution in [2.75, 3.05) is 0 Å². The average Bonchev–Trinajstić information content (AvgIpc) is 0.736. The van der Waals surface area contributed by atoms with Crippen LogP contribution in [0.25, 0.3) is 210 Å². The number of fused-ring (bicyclic) bond motifs is 12. The van der Waals surface area contributed by atoms with Crippen LogP contribution in [0.2, 0.25) is 0 Å². The van der Waals surface area contributed by atoms with E-state index in [4.69, 9.17) is 19.9 Å². The lowest BCUT2D eigenvalue weighted by atomic mass is 9.79. The Labute approximate surface area is 702 Å². The third kappa shape index (κ3) is 14.6. The first-order chi connectivity index (χ1) is 59.2. The molecular weight excluding hydrogens is 1530 g/mol. The van der Waals surface area contributed by atoms with Gasteiger partial charge in [-0.25, -0.2) is 19.9 Å². The summed E-state index contributed by atoms with van der Waals surface area (Å²) in [5, 5.41) is 39.4. The highest BCUT2D eigenvalue weighted by molar-refractivity contribution is 9.10. The SMILES string of the molecule is Brc1cc2c3ccccc3c(-c3cccc4ccccc34)cc2c2ccccc12.OB(O)c1cccc(-c2nc(-c3ccccc3)cc(-c3cccc(-c4cccnc4)c3)n2)c1.c1ccc(-c2cc(-c3cccc(-c4cccnc4)c3)nc(-c3cccc(-c4cc5c6ccccc6c(-c6cccc7ccccc67)cc5c5ccccc45)c3)n2)cc1.